The number of nitrogens with zero attached hydrogens (tertiary/aromatic N) is 4. The fourth-order valence-electron chi connectivity index (χ4n) is 1.12. The summed E-state index contributed by atoms with van der Waals surface area (Å²) in [6.45, 7) is 1.69. The first kappa shape index (κ1) is 11.4. The van der Waals surface area contributed by atoms with Crippen molar-refractivity contribution in [3.05, 3.63) is 29.8 Å². The number of oxime groups is 1. The van der Waals surface area contributed by atoms with Gasteiger partial charge in [-0.05, 0) is 23.9 Å². The molecule has 0 radical (unpaired) electrons. The largest absolute Gasteiger partial charge is 0.416 e. The van der Waals surface area contributed by atoms with Gasteiger partial charge in [-0.25, -0.2) is 4.98 Å². The molecule has 0 amide bonds. The van der Waals surface area contributed by atoms with E-state index in [0.29, 0.717) is 21.7 Å². The fourth-order valence-corrected chi connectivity index (χ4v) is 1.93. The molecule has 0 unspecified atom stereocenters. The van der Waals surface area contributed by atoms with Crippen molar-refractivity contribution in [3.8, 4) is 0 Å². The maximum Gasteiger partial charge on any atom is 0.282 e. The van der Waals surface area contributed by atoms with Crippen molar-refractivity contribution >= 4 is 17.6 Å². The molecular weight excluding hydrogens is 242 g/mol. The van der Waals surface area contributed by atoms with Crippen molar-refractivity contribution in [3.63, 3.8) is 0 Å². The van der Waals surface area contributed by atoms with Gasteiger partial charge < -0.3 is 15.4 Å². The van der Waals surface area contributed by atoms with Crippen LogP contribution in [-0.4, -0.2) is 26.2 Å². The van der Waals surface area contributed by atoms with Crippen molar-refractivity contribution in [1.82, 2.24) is 15.2 Å². The minimum Gasteiger partial charge on any atom is -0.416 e. The van der Waals surface area contributed by atoms with Gasteiger partial charge in [0.15, 0.2) is 5.84 Å². The van der Waals surface area contributed by atoms with Crippen LogP contribution in [-0.2, 0) is 0 Å². The summed E-state index contributed by atoms with van der Waals surface area (Å²) in [5.74, 6) is 0.450. The molecule has 0 spiro atoms. The molecule has 0 saturated carbocycles. The van der Waals surface area contributed by atoms with E-state index >= 15 is 0 Å². The van der Waals surface area contributed by atoms with Gasteiger partial charge in [-0.1, -0.05) is 5.16 Å². The normalized spacial score (nSPS) is 11.7. The average Bonchev–Trinajstić information content (AvgIpc) is 2.74. The number of nitrogens with two attached hydrogens (primary N) is 1. The molecule has 88 valence electrons. The Hall–Kier alpha value is -2.09. The predicted molar refractivity (Wildman–Crippen MR) is 59.9 cm³/mol. The zero-order valence-electron chi connectivity index (χ0n) is 8.86. The molecule has 2 aromatic heterocycles. The Morgan fingerprint density at radius 3 is 3.00 bits per heavy atom. The van der Waals surface area contributed by atoms with Crippen molar-refractivity contribution in [2.24, 2.45) is 10.9 Å². The molecule has 0 aliphatic rings. The van der Waals surface area contributed by atoms with Gasteiger partial charge in [0.05, 0.1) is 5.56 Å². The van der Waals surface area contributed by atoms with Crippen molar-refractivity contribution < 1.29 is 9.62 Å². The van der Waals surface area contributed by atoms with Crippen LogP contribution in [0.2, 0.25) is 0 Å². The van der Waals surface area contributed by atoms with Gasteiger partial charge in [0, 0.05) is 13.1 Å². The average molecular weight is 251 g/mol. The second-order valence-corrected chi connectivity index (χ2v) is 3.97. The summed E-state index contributed by atoms with van der Waals surface area (Å²) in [7, 11) is 0. The lowest BCUT2D eigenvalue weighted by atomic mass is 10.3. The van der Waals surface area contributed by atoms with Crippen molar-refractivity contribution in [2.45, 2.75) is 17.2 Å². The van der Waals surface area contributed by atoms with Gasteiger partial charge in [0.1, 0.15) is 5.03 Å². The number of rotatable bonds is 3. The first-order valence-corrected chi connectivity index (χ1v) is 5.43. The van der Waals surface area contributed by atoms with Crippen LogP contribution < -0.4 is 5.73 Å². The summed E-state index contributed by atoms with van der Waals surface area (Å²) < 4.78 is 5.21. The molecule has 3 N–H and O–H groups in total. The van der Waals surface area contributed by atoms with Crippen molar-refractivity contribution in [2.75, 3.05) is 0 Å². The molecule has 0 fully saturated rings. The molecule has 2 rings (SSSR count). The predicted octanol–water partition coefficient (Wildman–Crippen LogP) is 1.02. The molecule has 0 aliphatic carbocycles. The molecule has 0 bridgehead atoms. The van der Waals surface area contributed by atoms with Crippen LogP contribution in [0.25, 0.3) is 0 Å². The summed E-state index contributed by atoms with van der Waals surface area (Å²) >= 11 is 1.16. The third-order valence-corrected chi connectivity index (χ3v) is 2.70. The molecule has 8 heteroatoms. The maximum absolute atomic E-state index is 8.66. The van der Waals surface area contributed by atoms with Crippen molar-refractivity contribution in [1.29, 1.82) is 0 Å². The van der Waals surface area contributed by atoms with Crippen LogP contribution in [0.4, 0.5) is 0 Å². The molecule has 2 aromatic rings. The highest BCUT2D eigenvalue weighted by molar-refractivity contribution is 7.99. The van der Waals surface area contributed by atoms with E-state index < -0.39 is 0 Å². The molecule has 0 aromatic carbocycles. The Labute approximate surface area is 101 Å². The Morgan fingerprint density at radius 1 is 1.53 bits per heavy atom. The van der Waals surface area contributed by atoms with E-state index in [2.05, 4.69) is 20.3 Å². The Balaban J connectivity index is 2.32. The SMILES string of the molecule is Cc1nnc(Sc2ncccc2C(N)=NO)o1. The minimum atomic E-state index is -0.0168. The van der Waals surface area contributed by atoms with Crippen LogP contribution in [0.3, 0.4) is 0 Å². The summed E-state index contributed by atoms with van der Waals surface area (Å²) in [5.41, 5.74) is 6.04. The molecule has 0 saturated heterocycles. The summed E-state index contributed by atoms with van der Waals surface area (Å²) in [6.07, 6.45) is 1.60. The number of hydrogen-bond acceptors (Lipinski definition) is 7. The monoisotopic (exact) mass is 251 g/mol. The van der Waals surface area contributed by atoms with Crippen LogP contribution in [0.1, 0.15) is 11.5 Å². The Kier molecular flexibility index (Phi) is 3.24. The van der Waals surface area contributed by atoms with E-state index in [1.165, 1.54) is 0 Å². The zero-order valence-corrected chi connectivity index (χ0v) is 9.68. The smallest absolute Gasteiger partial charge is 0.282 e. The second kappa shape index (κ2) is 4.83. The molecule has 2 heterocycles. The lowest BCUT2D eigenvalue weighted by molar-refractivity contribution is 0.318. The number of aryl methyl sites for hydroxylation is 1. The quantitative estimate of drug-likeness (QED) is 0.362. The summed E-state index contributed by atoms with van der Waals surface area (Å²) in [6, 6.07) is 3.38. The maximum atomic E-state index is 8.66. The van der Waals surface area contributed by atoms with E-state index in [9.17, 15) is 0 Å². The topological polar surface area (TPSA) is 110 Å². The van der Waals surface area contributed by atoms with Gasteiger partial charge in [-0.15, -0.1) is 10.2 Å². The fraction of sp³-hybridized carbons (Fsp3) is 0.111. The van der Waals surface area contributed by atoms with Gasteiger partial charge >= 0.3 is 0 Å². The molecule has 0 aliphatic heterocycles. The van der Waals surface area contributed by atoms with Gasteiger partial charge in [0.2, 0.25) is 5.89 Å². The molecule has 17 heavy (non-hydrogen) atoms. The van der Waals surface area contributed by atoms with E-state index in [-0.39, 0.29) is 5.84 Å². The number of aromatic nitrogens is 3. The highest BCUT2D eigenvalue weighted by Gasteiger charge is 2.12. The highest BCUT2D eigenvalue weighted by Crippen LogP contribution is 2.27. The number of hydrogen-bond donors (Lipinski definition) is 2. The Morgan fingerprint density at radius 2 is 2.35 bits per heavy atom. The van der Waals surface area contributed by atoms with Crippen LogP contribution in [0, 0.1) is 6.92 Å². The van der Waals surface area contributed by atoms with Gasteiger partial charge in [0.25, 0.3) is 5.22 Å². The van der Waals surface area contributed by atoms with E-state index in [4.69, 9.17) is 15.4 Å². The Bertz CT molecular complexity index is 554. The number of pyridine rings is 1. The summed E-state index contributed by atoms with van der Waals surface area (Å²) in [5, 5.41) is 20.0. The summed E-state index contributed by atoms with van der Waals surface area (Å²) in [4.78, 5) is 4.12. The number of amidine groups is 1. The van der Waals surface area contributed by atoms with Gasteiger partial charge in [-0.2, -0.15) is 0 Å². The van der Waals surface area contributed by atoms with E-state index in [1.54, 1.807) is 25.3 Å². The lowest BCUT2D eigenvalue weighted by Gasteiger charge is -2.03. The second-order valence-electron chi connectivity index (χ2n) is 3.03. The standard InChI is InChI=1S/C9H9N5O2S/c1-5-12-13-9(16-5)17-8-6(7(10)14-15)3-2-4-11-8/h2-4,15H,1H3,(H2,10,14). The minimum absolute atomic E-state index is 0.0168. The van der Waals surface area contributed by atoms with Crippen LogP contribution >= 0.6 is 11.8 Å². The van der Waals surface area contributed by atoms with E-state index in [0.717, 1.165) is 11.8 Å². The van der Waals surface area contributed by atoms with Crippen LogP contribution in [0.15, 0.2) is 38.2 Å². The third kappa shape index (κ3) is 2.53. The molecule has 0 atom stereocenters. The zero-order chi connectivity index (χ0) is 12.3. The first-order chi connectivity index (χ1) is 8.20. The molecule has 7 nitrogen and oxygen atoms in total. The van der Waals surface area contributed by atoms with E-state index in [1.807, 2.05) is 0 Å². The van der Waals surface area contributed by atoms with Gasteiger partial charge in [-0.3, -0.25) is 0 Å². The first-order valence-electron chi connectivity index (χ1n) is 4.61. The third-order valence-electron chi connectivity index (χ3n) is 1.85. The highest BCUT2D eigenvalue weighted by atomic mass is 32.2. The lowest BCUT2D eigenvalue weighted by Crippen LogP contribution is -2.14. The molecular formula is C9H9N5O2S. The van der Waals surface area contributed by atoms with Crippen LogP contribution in [0.5, 0.6) is 0 Å².